The lowest BCUT2D eigenvalue weighted by atomic mass is 9.93. The van der Waals surface area contributed by atoms with Crippen molar-refractivity contribution in [3.05, 3.63) is 30.2 Å². The number of alkyl halides is 3. The van der Waals surface area contributed by atoms with Crippen LogP contribution in [0.1, 0.15) is 31.4 Å². The van der Waals surface area contributed by atoms with Crippen molar-refractivity contribution >= 4 is 22.5 Å². The molecule has 174 valence electrons. The number of aromatic nitrogens is 4. The molecule has 32 heavy (non-hydrogen) atoms. The van der Waals surface area contributed by atoms with Crippen molar-refractivity contribution in [2.45, 2.75) is 57.0 Å². The second kappa shape index (κ2) is 8.99. The molecule has 2 aromatic heterocycles. The van der Waals surface area contributed by atoms with Gasteiger partial charge >= 0.3 is 6.18 Å². The fourth-order valence-electron chi connectivity index (χ4n) is 3.96. The van der Waals surface area contributed by atoms with Gasteiger partial charge in [-0.2, -0.15) is 18.3 Å². The van der Waals surface area contributed by atoms with Crippen LogP contribution in [0.25, 0.3) is 11.0 Å². The number of H-pyrrole nitrogens is 1. The van der Waals surface area contributed by atoms with Gasteiger partial charge in [-0.3, -0.25) is 5.10 Å². The van der Waals surface area contributed by atoms with Crippen LogP contribution in [0.2, 0.25) is 0 Å². The second-order valence-electron chi connectivity index (χ2n) is 8.31. The van der Waals surface area contributed by atoms with Gasteiger partial charge in [0.25, 0.3) is 0 Å². The van der Waals surface area contributed by atoms with E-state index in [0.29, 0.717) is 37.3 Å². The van der Waals surface area contributed by atoms with Crippen LogP contribution in [0.4, 0.5) is 24.7 Å². The fourth-order valence-corrected chi connectivity index (χ4v) is 3.96. The van der Waals surface area contributed by atoms with Gasteiger partial charge in [-0.05, 0) is 32.6 Å². The van der Waals surface area contributed by atoms with Crippen LogP contribution in [-0.2, 0) is 7.05 Å². The van der Waals surface area contributed by atoms with E-state index in [0.717, 1.165) is 22.4 Å². The van der Waals surface area contributed by atoms with Gasteiger partial charge in [-0.25, -0.2) is 4.98 Å². The fraction of sp³-hybridized carbons (Fsp3) is 0.524. The zero-order valence-corrected chi connectivity index (χ0v) is 17.9. The molecule has 1 saturated carbocycles. The number of aliphatic hydroxyl groups excluding tert-OH is 1. The molecule has 0 amide bonds. The molecule has 1 unspecified atom stereocenters. The topological polar surface area (TPSA) is 100 Å². The zero-order chi connectivity index (χ0) is 22.9. The molecule has 1 fully saturated rings. The minimum absolute atomic E-state index is 0.0354. The molecule has 1 aliphatic rings. The summed E-state index contributed by atoms with van der Waals surface area (Å²) in [5, 5.41) is 22.4. The van der Waals surface area contributed by atoms with E-state index in [1.54, 1.807) is 6.33 Å². The number of aliphatic hydroxyl groups is 1. The Hall–Kier alpha value is -2.79. The Kier molecular flexibility index (Phi) is 6.29. The number of aromatic amines is 1. The van der Waals surface area contributed by atoms with E-state index in [4.69, 9.17) is 9.84 Å². The van der Waals surface area contributed by atoms with Gasteiger partial charge in [0.05, 0.1) is 23.6 Å². The Morgan fingerprint density at radius 2 is 2.00 bits per heavy atom. The first-order valence-electron chi connectivity index (χ1n) is 10.6. The van der Waals surface area contributed by atoms with Crippen molar-refractivity contribution < 1.29 is 23.0 Å². The number of aryl methyl sites for hydroxylation is 2. The van der Waals surface area contributed by atoms with E-state index in [-0.39, 0.29) is 12.1 Å². The highest BCUT2D eigenvalue weighted by molar-refractivity contribution is 5.91. The standard InChI is InChI=1S/C21H27F3N6O2/c1-12-7-19(29-28-12)27-16-8-15(9-17-20(16)26-11-30(17)2)32-14-5-3-13(4-6-14)25-10-18(31)21(22,23)24/h7-9,11,13-14,18,25,31H,3-6,10H2,1-2H3,(H2,27,28,29). The monoisotopic (exact) mass is 452 g/mol. The number of nitrogens with one attached hydrogen (secondary N) is 3. The summed E-state index contributed by atoms with van der Waals surface area (Å²) >= 11 is 0. The number of nitrogens with zero attached hydrogens (tertiary/aromatic N) is 3. The minimum atomic E-state index is -4.60. The van der Waals surface area contributed by atoms with E-state index in [9.17, 15) is 13.2 Å². The molecule has 1 atom stereocenters. The summed E-state index contributed by atoms with van der Waals surface area (Å²) in [5.41, 5.74) is 3.43. The summed E-state index contributed by atoms with van der Waals surface area (Å²) in [5.74, 6) is 1.37. The van der Waals surface area contributed by atoms with Gasteiger partial charge in [0.2, 0.25) is 0 Å². The van der Waals surface area contributed by atoms with Gasteiger partial charge in [0.15, 0.2) is 11.9 Å². The number of benzene rings is 1. The number of hydrogen-bond acceptors (Lipinski definition) is 6. The van der Waals surface area contributed by atoms with Crippen molar-refractivity contribution in [1.82, 2.24) is 25.1 Å². The third-order valence-corrected chi connectivity index (χ3v) is 5.73. The molecular formula is C21H27F3N6O2. The largest absolute Gasteiger partial charge is 0.490 e. The first-order chi connectivity index (χ1) is 15.2. The Morgan fingerprint density at radius 1 is 1.25 bits per heavy atom. The molecule has 1 aliphatic carbocycles. The van der Waals surface area contributed by atoms with Crippen molar-refractivity contribution in [3.8, 4) is 5.75 Å². The first-order valence-corrected chi connectivity index (χ1v) is 10.6. The van der Waals surface area contributed by atoms with Crippen LogP contribution in [0.5, 0.6) is 5.75 Å². The molecule has 0 spiro atoms. The maximum absolute atomic E-state index is 12.5. The van der Waals surface area contributed by atoms with Gasteiger partial charge in [-0.1, -0.05) is 0 Å². The Bertz CT molecular complexity index is 1060. The van der Waals surface area contributed by atoms with Gasteiger partial charge in [0.1, 0.15) is 11.3 Å². The van der Waals surface area contributed by atoms with Crippen LogP contribution in [0, 0.1) is 6.92 Å². The lowest BCUT2D eigenvalue weighted by Gasteiger charge is -2.30. The predicted molar refractivity (Wildman–Crippen MR) is 114 cm³/mol. The van der Waals surface area contributed by atoms with Gasteiger partial charge < -0.3 is 25.0 Å². The smallest absolute Gasteiger partial charge is 0.415 e. The van der Waals surface area contributed by atoms with Crippen molar-refractivity contribution in [2.24, 2.45) is 7.05 Å². The SMILES string of the molecule is Cc1cc(Nc2cc(OC3CCC(NCC(O)C(F)(F)F)CC3)cc3c2ncn3C)n[nH]1. The maximum atomic E-state index is 12.5. The third-order valence-electron chi connectivity index (χ3n) is 5.73. The Balaban J connectivity index is 1.40. The quantitative estimate of drug-likeness (QED) is 0.438. The number of anilines is 2. The van der Waals surface area contributed by atoms with Crippen molar-refractivity contribution in [3.63, 3.8) is 0 Å². The molecule has 4 N–H and O–H groups in total. The number of rotatable bonds is 7. The summed E-state index contributed by atoms with van der Waals surface area (Å²) in [6.45, 7) is 1.43. The van der Waals surface area contributed by atoms with Crippen molar-refractivity contribution in [2.75, 3.05) is 11.9 Å². The molecule has 0 radical (unpaired) electrons. The number of hydrogen-bond donors (Lipinski definition) is 4. The van der Waals surface area contributed by atoms with E-state index in [1.807, 2.05) is 36.7 Å². The summed E-state index contributed by atoms with van der Waals surface area (Å²) in [6, 6.07) is 5.66. The van der Waals surface area contributed by atoms with Crippen LogP contribution < -0.4 is 15.4 Å². The van der Waals surface area contributed by atoms with Crippen LogP contribution >= 0.6 is 0 Å². The highest BCUT2D eigenvalue weighted by atomic mass is 19.4. The number of imidazole rings is 1. The zero-order valence-electron chi connectivity index (χ0n) is 17.9. The summed E-state index contributed by atoms with van der Waals surface area (Å²) in [7, 11) is 1.91. The minimum Gasteiger partial charge on any atom is -0.490 e. The molecule has 4 rings (SSSR count). The highest BCUT2D eigenvalue weighted by Gasteiger charge is 2.38. The number of halogens is 3. The van der Waals surface area contributed by atoms with E-state index in [2.05, 4.69) is 25.8 Å². The lowest BCUT2D eigenvalue weighted by molar-refractivity contribution is -0.202. The molecule has 0 saturated heterocycles. The second-order valence-corrected chi connectivity index (χ2v) is 8.31. The predicted octanol–water partition coefficient (Wildman–Crippen LogP) is 3.55. The average molecular weight is 452 g/mol. The number of ether oxygens (including phenoxy) is 1. The van der Waals surface area contributed by atoms with Gasteiger partial charge in [0, 0.05) is 43.5 Å². The lowest BCUT2D eigenvalue weighted by Crippen LogP contribution is -2.44. The third kappa shape index (κ3) is 5.16. The van der Waals surface area contributed by atoms with Crippen molar-refractivity contribution in [1.29, 1.82) is 0 Å². The molecule has 0 aliphatic heterocycles. The van der Waals surface area contributed by atoms with Crippen LogP contribution in [0.3, 0.4) is 0 Å². The first kappa shape index (κ1) is 22.4. The summed E-state index contributed by atoms with van der Waals surface area (Å²) in [4.78, 5) is 4.47. The maximum Gasteiger partial charge on any atom is 0.415 e. The van der Waals surface area contributed by atoms with Crippen LogP contribution in [0.15, 0.2) is 24.5 Å². The normalized spacial score (nSPS) is 20.4. The molecular weight excluding hydrogens is 425 g/mol. The average Bonchev–Trinajstić information content (AvgIpc) is 3.32. The molecule has 2 heterocycles. The van der Waals surface area contributed by atoms with E-state index in [1.165, 1.54) is 0 Å². The van der Waals surface area contributed by atoms with E-state index >= 15 is 0 Å². The highest BCUT2D eigenvalue weighted by Crippen LogP contribution is 2.32. The summed E-state index contributed by atoms with van der Waals surface area (Å²) < 4.78 is 45.6. The number of fused-ring (bicyclic) bond motifs is 1. The van der Waals surface area contributed by atoms with Crippen LogP contribution in [-0.4, -0.2) is 55.8 Å². The Labute approximate surface area is 183 Å². The Morgan fingerprint density at radius 3 is 2.66 bits per heavy atom. The molecule has 1 aromatic carbocycles. The molecule has 11 heteroatoms. The molecule has 3 aromatic rings. The van der Waals surface area contributed by atoms with E-state index < -0.39 is 18.8 Å². The summed E-state index contributed by atoms with van der Waals surface area (Å²) in [6.07, 6.45) is -2.45. The van der Waals surface area contributed by atoms with Gasteiger partial charge in [-0.15, -0.1) is 0 Å². The molecule has 0 bridgehead atoms. The molecule has 8 nitrogen and oxygen atoms in total.